The van der Waals surface area contributed by atoms with E-state index in [2.05, 4.69) is 5.10 Å². The molecule has 2 aromatic carbocycles. The van der Waals surface area contributed by atoms with Crippen molar-refractivity contribution in [2.75, 3.05) is 13.2 Å². The highest BCUT2D eigenvalue weighted by Crippen LogP contribution is 2.16. The quantitative estimate of drug-likeness (QED) is 0.276. The number of hydrazone groups is 1. The van der Waals surface area contributed by atoms with Gasteiger partial charge in [0.05, 0.1) is 25.5 Å². The van der Waals surface area contributed by atoms with E-state index in [0.717, 1.165) is 11.1 Å². The van der Waals surface area contributed by atoms with Crippen molar-refractivity contribution < 1.29 is 23.9 Å². The summed E-state index contributed by atoms with van der Waals surface area (Å²) in [6.07, 6.45) is 2.24. The molecule has 156 valence electrons. The third-order valence-corrected chi connectivity index (χ3v) is 3.87. The van der Waals surface area contributed by atoms with Gasteiger partial charge in [-0.2, -0.15) is 10.1 Å². The van der Waals surface area contributed by atoms with Crippen LogP contribution in [0, 0.1) is 0 Å². The Labute approximate surface area is 179 Å². The van der Waals surface area contributed by atoms with E-state index in [1.54, 1.807) is 68.4 Å². The molecule has 0 aromatic heterocycles. The predicted molar refractivity (Wildman–Crippen MR) is 113 cm³/mol. The topological polar surface area (TPSA) is 85.3 Å². The number of ether oxygens (including phenoxy) is 2. The highest BCUT2D eigenvalue weighted by Gasteiger charge is 2.27. The van der Waals surface area contributed by atoms with Crippen LogP contribution in [0.4, 0.5) is 0 Å². The lowest BCUT2D eigenvalue weighted by Gasteiger charge is -2.19. The molecule has 30 heavy (non-hydrogen) atoms. The zero-order valence-corrected chi connectivity index (χ0v) is 17.3. The van der Waals surface area contributed by atoms with Crippen LogP contribution in [-0.4, -0.2) is 42.3 Å². The third kappa shape index (κ3) is 6.56. The predicted octanol–water partition coefficient (Wildman–Crippen LogP) is 3.83. The van der Waals surface area contributed by atoms with E-state index in [-0.39, 0.29) is 24.5 Å². The normalized spacial score (nSPS) is 11.2. The van der Waals surface area contributed by atoms with E-state index in [9.17, 15) is 14.4 Å². The monoisotopic (exact) mass is 428 g/mol. The number of benzene rings is 2. The van der Waals surface area contributed by atoms with Crippen LogP contribution in [-0.2, 0) is 19.1 Å². The van der Waals surface area contributed by atoms with Gasteiger partial charge in [-0.15, -0.1) is 0 Å². The number of esters is 2. The number of carbonyl (C=O) groups excluding carboxylic acids is 3. The highest BCUT2D eigenvalue weighted by molar-refractivity contribution is 6.30. The van der Waals surface area contributed by atoms with Crippen molar-refractivity contribution in [2.45, 2.75) is 13.8 Å². The standard InChI is InChI=1S/C22H21ClN2O5/c1-3-29-20(26)14-19(22(28)30-4-2)25(21(27)17-10-6-5-7-11-17)24-15-16-9-8-12-18(23)13-16/h5-15H,3-4H2,1-2H3/b19-14-,24-15+. The van der Waals surface area contributed by atoms with E-state index >= 15 is 0 Å². The summed E-state index contributed by atoms with van der Waals surface area (Å²) in [6.45, 7) is 3.38. The van der Waals surface area contributed by atoms with Gasteiger partial charge in [-0.05, 0) is 43.7 Å². The lowest BCUT2D eigenvalue weighted by Crippen LogP contribution is -2.31. The molecule has 0 bridgehead atoms. The second-order valence-electron chi connectivity index (χ2n) is 5.78. The molecular weight excluding hydrogens is 408 g/mol. The van der Waals surface area contributed by atoms with Gasteiger partial charge in [0, 0.05) is 10.6 Å². The van der Waals surface area contributed by atoms with Gasteiger partial charge in [0.15, 0.2) is 5.70 Å². The minimum absolute atomic E-state index is 0.0460. The van der Waals surface area contributed by atoms with Crippen molar-refractivity contribution in [2.24, 2.45) is 5.10 Å². The largest absolute Gasteiger partial charge is 0.463 e. The Bertz CT molecular complexity index is 957. The van der Waals surface area contributed by atoms with Crippen LogP contribution in [0.15, 0.2) is 71.5 Å². The molecule has 0 saturated heterocycles. The van der Waals surface area contributed by atoms with E-state index in [1.165, 1.54) is 6.21 Å². The second kappa shape index (κ2) is 11.5. The summed E-state index contributed by atoms with van der Waals surface area (Å²) in [5.41, 5.74) is 0.481. The van der Waals surface area contributed by atoms with Gasteiger partial charge in [0.1, 0.15) is 0 Å². The van der Waals surface area contributed by atoms with Crippen LogP contribution in [0.2, 0.25) is 5.02 Å². The molecule has 0 unspecified atom stereocenters. The number of nitrogens with zero attached hydrogens (tertiary/aromatic N) is 2. The first-order valence-electron chi connectivity index (χ1n) is 9.20. The first-order chi connectivity index (χ1) is 14.5. The summed E-state index contributed by atoms with van der Waals surface area (Å²) in [7, 11) is 0. The van der Waals surface area contributed by atoms with Crippen LogP contribution in [0.25, 0.3) is 0 Å². The van der Waals surface area contributed by atoms with Crippen molar-refractivity contribution in [1.82, 2.24) is 5.01 Å². The molecule has 0 radical (unpaired) electrons. The molecule has 0 aliphatic rings. The Morgan fingerprint density at radius 3 is 2.33 bits per heavy atom. The van der Waals surface area contributed by atoms with Crippen LogP contribution in [0.5, 0.6) is 0 Å². The van der Waals surface area contributed by atoms with Gasteiger partial charge < -0.3 is 9.47 Å². The van der Waals surface area contributed by atoms with Crippen molar-refractivity contribution in [3.05, 3.63) is 82.5 Å². The lowest BCUT2D eigenvalue weighted by atomic mass is 10.2. The zero-order valence-electron chi connectivity index (χ0n) is 16.6. The molecule has 0 spiro atoms. The molecule has 0 aliphatic carbocycles. The summed E-state index contributed by atoms with van der Waals surface area (Å²) < 4.78 is 9.90. The van der Waals surface area contributed by atoms with Crippen molar-refractivity contribution in [3.8, 4) is 0 Å². The molecule has 0 saturated carbocycles. The Kier molecular flexibility index (Phi) is 8.77. The molecule has 2 aromatic rings. The number of hydrogen-bond acceptors (Lipinski definition) is 6. The molecule has 2 rings (SSSR count). The molecule has 0 fully saturated rings. The minimum atomic E-state index is -0.891. The average Bonchev–Trinajstić information content (AvgIpc) is 2.74. The lowest BCUT2D eigenvalue weighted by molar-refractivity contribution is -0.142. The smallest absolute Gasteiger partial charge is 0.357 e. The fourth-order valence-electron chi connectivity index (χ4n) is 2.35. The first-order valence-corrected chi connectivity index (χ1v) is 9.58. The fraction of sp³-hybridized carbons (Fsp3) is 0.182. The van der Waals surface area contributed by atoms with Gasteiger partial charge in [-0.3, -0.25) is 4.79 Å². The molecule has 7 nitrogen and oxygen atoms in total. The molecule has 0 N–H and O–H groups in total. The second-order valence-corrected chi connectivity index (χ2v) is 6.22. The maximum atomic E-state index is 13.1. The number of carbonyl (C=O) groups is 3. The van der Waals surface area contributed by atoms with Gasteiger partial charge in [-0.25, -0.2) is 9.59 Å². The minimum Gasteiger partial charge on any atom is -0.463 e. The van der Waals surface area contributed by atoms with E-state index in [1.807, 2.05) is 0 Å². The third-order valence-electron chi connectivity index (χ3n) is 3.64. The van der Waals surface area contributed by atoms with Crippen molar-refractivity contribution in [3.63, 3.8) is 0 Å². The Hall–Kier alpha value is -3.45. The highest BCUT2D eigenvalue weighted by atomic mass is 35.5. The van der Waals surface area contributed by atoms with Crippen LogP contribution in [0.1, 0.15) is 29.8 Å². The van der Waals surface area contributed by atoms with Crippen LogP contribution in [0.3, 0.4) is 0 Å². The summed E-state index contributed by atoms with van der Waals surface area (Å²) in [5.74, 6) is -2.32. The van der Waals surface area contributed by atoms with Crippen LogP contribution < -0.4 is 0 Å². The Morgan fingerprint density at radius 1 is 1.00 bits per heavy atom. The maximum Gasteiger partial charge on any atom is 0.357 e. The molecule has 0 aliphatic heterocycles. The molecule has 0 heterocycles. The molecule has 8 heteroatoms. The van der Waals surface area contributed by atoms with Crippen molar-refractivity contribution >= 4 is 35.7 Å². The summed E-state index contributed by atoms with van der Waals surface area (Å²) in [5, 5.41) is 5.44. The number of amides is 1. The summed E-state index contributed by atoms with van der Waals surface area (Å²) in [6, 6.07) is 15.0. The fourth-order valence-corrected chi connectivity index (χ4v) is 2.54. The van der Waals surface area contributed by atoms with Gasteiger partial charge in [-0.1, -0.05) is 41.9 Å². The summed E-state index contributed by atoms with van der Waals surface area (Å²) >= 11 is 5.99. The Morgan fingerprint density at radius 2 is 1.70 bits per heavy atom. The van der Waals surface area contributed by atoms with Crippen molar-refractivity contribution in [1.29, 1.82) is 0 Å². The zero-order chi connectivity index (χ0) is 21.9. The maximum absolute atomic E-state index is 13.1. The first kappa shape index (κ1) is 22.8. The Balaban J connectivity index is 2.53. The van der Waals surface area contributed by atoms with E-state index in [0.29, 0.717) is 10.6 Å². The van der Waals surface area contributed by atoms with Gasteiger partial charge >= 0.3 is 11.9 Å². The molecule has 1 amide bonds. The van der Waals surface area contributed by atoms with Crippen LogP contribution >= 0.6 is 11.6 Å². The number of hydrogen-bond donors (Lipinski definition) is 0. The SMILES string of the molecule is CCOC(=O)/C=C(/C(=O)OCC)N(/N=C/c1cccc(Cl)c1)C(=O)c1ccccc1. The average molecular weight is 429 g/mol. The molecular formula is C22H21ClN2O5. The van der Waals surface area contributed by atoms with Gasteiger partial charge in [0.2, 0.25) is 0 Å². The number of halogens is 1. The van der Waals surface area contributed by atoms with E-state index in [4.69, 9.17) is 21.1 Å². The molecule has 0 atom stereocenters. The van der Waals surface area contributed by atoms with E-state index < -0.39 is 17.8 Å². The summed E-state index contributed by atoms with van der Waals surface area (Å²) in [4.78, 5) is 37.7. The number of rotatable bonds is 8. The van der Waals surface area contributed by atoms with Gasteiger partial charge in [0.25, 0.3) is 5.91 Å².